The summed E-state index contributed by atoms with van der Waals surface area (Å²) in [7, 11) is 0. The average molecular weight is 508 g/mol. The third-order valence-corrected chi connectivity index (χ3v) is 8.01. The van der Waals surface area contributed by atoms with Crippen LogP contribution in [0, 0.1) is 10.8 Å². The van der Waals surface area contributed by atoms with E-state index in [1.807, 2.05) is 82.3 Å². The van der Waals surface area contributed by atoms with Crippen molar-refractivity contribution in [3.05, 3.63) is 70.2 Å². The average Bonchev–Trinajstić information content (AvgIpc) is 3.18. The molecule has 0 radical (unpaired) electrons. The zero-order chi connectivity index (χ0) is 23.8. The zero-order valence-corrected chi connectivity index (χ0v) is 20.7. The number of likely N-dealkylation sites (tertiary alicyclic amines) is 1. The Bertz CT molecular complexity index is 1220. The molecule has 0 bridgehead atoms. The normalized spacial score (nSPS) is 28.9. The molecule has 1 aliphatic carbocycles. The molecule has 2 spiro atoms. The van der Waals surface area contributed by atoms with Gasteiger partial charge in [-0.05, 0) is 44.9 Å². The van der Waals surface area contributed by atoms with Gasteiger partial charge in [-0.25, -0.2) is 5.01 Å². The first-order valence-electron chi connectivity index (χ1n) is 11.1. The molecule has 2 heterocycles. The number of halogens is 1. The van der Waals surface area contributed by atoms with Gasteiger partial charge in [-0.15, -0.1) is 0 Å². The molecule has 2 fully saturated rings. The number of hydrogen-bond donors (Lipinski definition) is 0. The van der Waals surface area contributed by atoms with Crippen LogP contribution in [0.2, 0.25) is 0 Å². The third kappa shape index (κ3) is 2.78. The smallest absolute Gasteiger partial charge is 0.291 e. The lowest BCUT2D eigenvalue weighted by Gasteiger charge is -2.29. The molecule has 3 aliphatic rings. The molecule has 1 saturated heterocycles. The van der Waals surface area contributed by atoms with Crippen molar-refractivity contribution in [2.24, 2.45) is 15.9 Å². The lowest BCUT2D eigenvalue weighted by molar-refractivity contribution is -0.143. The first-order valence-corrected chi connectivity index (χ1v) is 11.9. The molecule has 2 aliphatic heterocycles. The topological polar surface area (TPSA) is 70.1 Å². The molecule has 5 rings (SSSR count). The Morgan fingerprint density at radius 3 is 2.27 bits per heavy atom. The number of amides is 2. The Balaban J connectivity index is 1.64. The van der Waals surface area contributed by atoms with Crippen LogP contribution in [0.25, 0.3) is 0 Å². The van der Waals surface area contributed by atoms with Gasteiger partial charge in [-0.1, -0.05) is 64.5 Å². The van der Waals surface area contributed by atoms with Gasteiger partial charge in [-0.3, -0.25) is 14.4 Å². The van der Waals surface area contributed by atoms with Crippen molar-refractivity contribution in [1.29, 1.82) is 0 Å². The number of hydrogen-bond acceptors (Lipinski definition) is 4. The lowest BCUT2D eigenvalue weighted by atomic mass is 9.86. The van der Waals surface area contributed by atoms with Gasteiger partial charge >= 0.3 is 0 Å². The molecule has 2 amide bonds. The van der Waals surface area contributed by atoms with Crippen molar-refractivity contribution in [2.45, 2.75) is 45.7 Å². The summed E-state index contributed by atoms with van der Waals surface area (Å²) in [6.45, 7) is 8.12. The Labute approximate surface area is 201 Å². The van der Waals surface area contributed by atoms with Gasteiger partial charge in [0.1, 0.15) is 5.41 Å². The van der Waals surface area contributed by atoms with Crippen molar-refractivity contribution in [1.82, 2.24) is 9.91 Å². The molecule has 33 heavy (non-hydrogen) atoms. The van der Waals surface area contributed by atoms with Crippen LogP contribution in [0.5, 0.6) is 0 Å². The van der Waals surface area contributed by atoms with E-state index in [2.05, 4.69) is 21.0 Å². The fraction of sp³-hybridized carbons (Fsp3) is 0.385. The summed E-state index contributed by atoms with van der Waals surface area (Å²) in [4.78, 5) is 42.6. The first-order chi connectivity index (χ1) is 15.6. The summed E-state index contributed by atoms with van der Waals surface area (Å²) >= 11 is 3.62. The minimum Gasteiger partial charge on any atom is -0.331 e. The van der Waals surface area contributed by atoms with Crippen LogP contribution in [-0.4, -0.2) is 45.3 Å². The molecule has 2 unspecified atom stereocenters. The maximum atomic E-state index is 14.0. The Morgan fingerprint density at radius 2 is 1.67 bits per heavy atom. The van der Waals surface area contributed by atoms with Crippen molar-refractivity contribution in [2.75, 3.05) is 6.54 Å². The summed E-state index contributed by atoms with van der Waals surface area (Å²) in [6, 6.07) is 17.3. The van der Waals surface area contributed by atoms with Crippen LogP contribution in [0.4, 0.5) is 0 Å². The van der Waals surface area contributed by atoms with Crippen molar-refractivity contribution in [3.8, 4) is 0 Å². The predicted molar refractivity (Wildman–Crippen MR) is 128 cm³/mol. The summed E-state index contributed by atoms with van der Waals surface area (Å²) in [5.74, 6) is -1.67. The number of nitrogens with zero attached hydrogens (tertiary/aromatic N) is 3. The van der Waals surface area contributed by atoms with E-state index in [0.717, 1.165) is 15.6 Å². The maximum Gasteiger partial charge on any atom is 0.291 e. The quantitative estimate of drug-likeness (QED) is 0.586. The van der Waals surface area contributed by atoms with E-state index in [1.165, 1.54) is 5.01 Å². The third-order valence-electron chi connectivity index (χ3n) is 7.29. The van der Waals surface area contributed by atoms with Crippen LogP contribution in [0.15, 0.2) is 64.2 Å². The van der Waals surface area contributed by atoms with Crippen LogP contribution in [-0.2, 0) is 20.9 Å². The van der Waals surface area contributed by atoms with Gasteiger partial charge in [0.2, 0.25) is 5.78 Å². The second-order valence-electron chi connectivity index (χ2n) is 10.2. The van der Waals surface area contributed by atoms with E-state index in [-0.39, 0.29) is 12.5 Å². The molecular weight excluding hydrogens is 482 g/mol. The number of ketones is 1. The Morgan fingerprint density at radius 1 is 1.03 bits per heavy atom. The lowest BCUT2D eigenvalue weighted by Crippen LogP contribution is -2.44. The molecule has 0 N–H and O–H groups in total. The monoisotopic (exact) mass is 507 g/mol. The summed E-state index contributed by atoms with van der Waals surface area (Å²) in [6.07, 6.45) is 0. The van der Waals surface area contributed by atoms with Crippen LogP contribution < -0.4 is 0 Å². The van der Waals surface area contributed by atoms with E-state index >= 15 is 0 Å². The van der Waals surface area contributed by atoms with Crippen LogP contribution >= 0.6 is 15.9 Å². The molecule has 7 heteroatoms. The number of Topliss-reactive ketones (excluding diaryl/α,β-unsaturated/α-hetero) is 1. The van der Waals surface area contributed by atoms with Gasteiger partial charge < -0.3 is 4.90 Å². The van der Waals surface area contributed by atoms with Gasteiger partial charge in [0, 0.05) is 23.5 Å². The van der Waals surface area contributed by atoms with Gasteiger partial charge in [-0.2, -0.15) is 5.10 Å². The van der Waals surface area contributed by atoms with Crippen molar-refractivity contribution < 1.29 is 14.4 Å². The molecule has 6 nitrogen and oxygen atoms in total. The number of carbonyl (C=O) groups is 3. The molecular formula is C26H26BrN3O3. The zero-order valence-electron chi connectivity index (χ0n) is 19.1. The van der Waals surface area contributed by atoms with Gasteiger partial charge in [0.15, 0.2) is 0 Å². The van der Waals surface area contributed by atoms with E-state index in [4.69, 9.17) is 0 Å². The highest BCUT2D eigenvalue weighted by Gasteiger charge is 2.90. The first kappa shape index (κ1) is 22.0. The summed E-state index contributed by atoms with van der Waals surface area (Å²) in [5.41, 5.74) is -0.443. The highest BCUT2D eigenvalue weighted by molar-refractivity contribution is 9.10. The predicted octanol–water partition coefficient (Wildman–Crippen LogP) is 4.15. The molecule has 170 valence electrons. The van der Waals surface area contributed by atoms with Crippen LogP contribution in [0.1, 0.15) is 44.7 Å². The number of benzene rings is 2. The fourth-order valence-corrected chi connectivity index (χ4v) is 6.39. The minimum atomic E-state index is -1.16. The Hall–Kier alpha value is -2.80. The SMILES string of the molecule is CC1=NN(C(C)(C)C)C(=O)C12[C@@H](c1ccccc1Br)C21CN(Cc2ccccc2)C(=O)C1=O. The van der Waals surface area contributed by atoms with E-state index < -0.39 is 34.0 Å². The van der Waals surface area contributed by atoms with Crippen molar-refractivity contribution in [3.63, 3.8) is 0 Å². The number of fused-ring (bicyclic) bond motifs is 1. The molecule has 0 aromatic heterocycles. The van der Waals surface area contributed by atoms with E-state index in [9.17, 15) is 14.4 Å². The molecule has 2 aromatic rings. The number of rotatable bonds is 3. The van der Waals surface area contributed by atoms with Gasteiger partial charge in [0.05, 0.1) is 16.7 Å². The minimum absolute atomic E-state index is 0.197. The van der Waals surface area contributed by atoms with E-state index in [1.54, 1.807) is 4.90 Å². The molecule has 1 saturated carbocycles. The highest BCUT2D eigenvalue weighted by Crippen LogP contribution is 2.79. The van der Waals surface area contributed by atoms with E-state index in [0.29, 0.717) is 12.3 Å². The molecule has 2 aromatic carbocycles. The highest BCUT2D eigenvalue weighted by atomic mass is 79.9. The second kappa shape index (κ2) is 7.10. The standard InChI is InChI=1S/C26H26BrN3O3/c1-16-26(23(33)30(28-16)24(2,3)4)20(18-12-8-9-13-19(18)27)25(26)15-29(22(32)21(25)31)14-17-10-6-5-7-11-17/h5-13,20H,14-15H2,1-4H3/t20-,25?,26?/m0/s1. The number of carbonyl (C=O) groups excluding carboxylic acids is 3. The second-order valence-corrected chi connectivity index (χ2v) is 11.0. The maximum absolute atomic E-state index is 14.0. The Kier molecular flexibility index (Phi) is 4.73. The van der Waals surface area contributed by atoms with Crippen molar-refractivity contribution >= 4 is 39.2 Å². The summed E-state index contributed by atoms with van der Waals surface area (Å²) in [5, 5.41) is 6.15. The fourth-order valence-electron chi connectivity index (χ4n) is 5.88. The van der Waals surface area contributed by atoms with Crippen LogP contribution in [0.3, 0.4) is 0 Å². The van der Waals surface area contributed by atoms with Gasteiger partial charge in [0.25, 0.3) is 11.8 Å². The molecule has 3 atom stereocenters. The number of hydrazone groups is 1. The summed E-state index contributed by atoms with van der Waals surface area (Å²) < 4.78 is 0.822. The largest absolute Gasteiger partial charge is 0.331 e.